The summed E-state index contributed by atoms with van der Waals surface area (Å²) in [6.45, 7) is 2.22. The topological polar surface area (TPSA) is 0 Å². The predicted octanol–water partition coefficient (Wildman–Crippen LogP) is 1.26. The summed E-state index contributed by atoms with van der Waals surface area (Å²) in [6.07, 6.45) is 3.92. The van der Waals surface area contributed by atoms with Gasteiger partial charge in [-0.15, -0.1) is 0 Å². The highest BCUT2D eigenvalue weighted by atomic mass is 32.1. The van der Waals surface area contributed by atoms with Gasteiger partial charge in [0.2, 0.25) is 0 Å². The largest absolute Gasteiger partial charge is 0.176 e. The van der Waals surface area contributed by atoms with Crippen molar-refractivity contribution in [1.82, 2.24) is 0 Å². The molecule has 0 aromatic carbocycles. The molecule has 0 heterocycles. The molecule has 0 aliphatic heterocycles. The van der Waals surface area contributed by atoms with E-state index >= 15 is 0 Å². The molecule has 0 aliphatic carbocycles. The Morgan fingerprint density at radius 2 is 2.12 bits per heavy atom. The summed E-state index contributed by atoms with van der Waals surface area (Å²) in [5, 5.41) is 0.692. The minimum absolute atomic E-state index is 0.692. The van der Waals surface area contributed by atoms with Gasteiger partial charge in [-0.05, 0) is 12.8 Å². The van der Waals surface area contributed by atoms with Gasteiger partial charge >= 0.3 is 0 Å². The lowest BCUT2D eigenvalue weighted by Crippen LogP contribution is -1.95. The summed E-state index contributed by atoms with van der Waals surface area (Å²) in [4.78, 5) is 0. The van der Waals surface area contributed by atoms with Crippen LogP contribution in [0, 0.1) is 0 Å². The van der Waals surface area contributed by atoms with E-state index in [-0.39, 0.29) is 0 Å². The lowest BCUT2D eigenvalue weighted by Gasteiger charge is -2.04. The van der Waals surface area contributed by atoms with Gasteiger partial charge in [-0.1, -0.05) is 19.4 Å². The second kappa shape index (κ2) is 5.70. The van der Waals surface area contributed by atoms with Crippen LogP contribution in [0.4, 0.5) is 0 Å². The Balaban J connectivity index is 2.92. The Bertz CT molecular complexity index is 41.8. The monoisotopic (exact) mass is 148 g/mol. The van der Waals surface area contributed by atoms with Gasteiger partial charge in [-0.2, -0.15) is 12.6 Å². The van der Waals surface area contributed by atoms with Gasteiger partial charge in [0, 0.05) is 15.5 Å². The third-order valence-electron chi connectivity index (χ3n) is 1.24. The minimum atomic E-state index is 0.692. The molecule has 0 aliphatic rings. The average Bonchev–Trinajstić information content (AvgIpc) is 1.68. The summed E-state index contributed by atoms with van der Waals surface area (Å²) in [5.74, 6) is 0. The molecule has 0 saturated heterocycles. The highest BCUT2D eigenvalue weighted by Crippen LogP contribution is 2.09. The van der Waals surface area contributed by atoms with Gasteiger partial charge in [0.05, 0.1) is 0 Å². The van der Waals surface area contributed by atoms with Crippen molar-refractivity contribution in [2.24, 2.45) is 0 Å². The third-order valence-corrected chi connectivity index (χ3v) is 2.34. The van der Waals surface area contributed by atoms with Crippen LogP contribution >= 0.6 is 12.6 Å². The number of thiol groups is 1. The Morgan fingerprint density at radius 3 is 2.50 bits per heavy atom. The van der Waals surface area contributed by atoms with Crippen LogP contribution in [-0.2, 0) is 0 Å². The van der Waals surface area contributed by atoms with Gasteiger partial charge in [0.25, 0.3) is 0 Å². The fourth-order valence-corrected chi connectivity index (χ4v) is 2.51. The first kappa shape index (κ1) is 8.57. The van der Waals surface area contributed by atoms with Crippen LogP contribution in [0.2, 0.25) is 6.04 Å². The zero-order chi connectivity index (χ0) is 6.41. The van der Waals surface area contributed by atoms with E-state index in [2.05, 4.69) is 19.6 Å². The zero-order valence-corrected chi connectivity index (χ0v) is 8.75. The first-order chi connectivity index (χ1) is 3.81. The highest BCUT2D eigenvalue weighted by Gasteiger charge is 1.96. The Labute approximate surface area is 60.9 Å². The maximum Gasteiger partial charge on any atom is 0.00285 e. The molecule has 0 radical (unpaired) electrons. The Morgan fingerprint density at radius 1 is 1.50 bits per heavy atom. The van der Waals surface area contributed by atoms with Gasteiger partial charge in [-0.3, -0.25) is 0 Å². The molecule has 0 spiro atoms. The normalized spacial score (nSPS) is 14.2. The van der Waals surface area contributed by atoms with E-state index < -0.39 is 0 Å². The van der Waals surface area contributed by atoms with Crippen molar-refractivity contribution in [3.05, 3.63) is 0 Å². The SMILES string of the molecule is CCCC(S)CC[SiH3]. The van der Waals surface area contributed by atoms with Crippen molar-refractivity contribution in [2.75, 3.05) is 0 Å². The highest BCUT2D eigenvalue weighted by molar-refractivity contribution is 7.80. The lowest BCUT2D eigenvalue weighted by molar-refractivity contribution is 0.723. The summed E-state index contributed by atoms with van der Waals surface area (Å²) in [6, 6.07) is 1.41. The van der Waals surface area contributed by atoms with Crippen molar-refractivity contribution in [2.45, 2.75) is 37.5 Å². The number of hydrogen-bond donors (Lipinski definition) is 1. The van der Waals surface area contributed by atoms with Crippen LogP contribution in [0.25, 0.3) is 0 Å². The summed E-state index contributed by atoms with van der Waals surface area (Å²) < 4.78 is 0. The average molecular weight is 148 g/mol. The maximum atomic E-state index is 4.41. The van der Waals surface area contributed by atoms with Crippen LogP contribution in [-0.4, -0.2) is 15.5 Å². The molecule has 1 unspecified atom stereocenters. The van der Waals surface area contributed by atoms with Crippen LogP contribution < -0.4 is 0 Å². The first-order valence-corrected chi connectivity index (χ1v) is 5.42. The third kappa shape index (κ3) is 4.72. The predicted molar refractivity (Wildman–Crippen MR) is 47.0 cm³/mol. The minimum Gasteiger partial charge on any atom is -0.176 e. The molecule has 0 saturated carbocycles. The van der Waals surface area contributed by atoms with Crippen LogP contribution in [0.3, 0.4) is 0 Å². The molecule has 8 heavy (non-hydrogen) atoms. The Kier molecular flexibility index (Phi) is 6.10. The number of hydrogen-bond acceptors (Lipinski definition) is 1. The van der Waals surface area contributed by atoms with Gasteiger partial charge < -0.3 is 0 Å². The maximum absolute atomic E-state index is 4.41. The smallest absolute Gasteiger partial charge is 0.00285 e. The standard InChI is InChI=1S/C6H16SSi/c1-2-3-6(7)4-5-8/h6-7H,2-5H2,1,8H3. The van der Waals surface area contributed by atoms with E-state index in [1.807, 2.05) is 0 Å². The summed E-state index contributed by atoms with van der Waals surface area (Å²) in [7, 11) is 1.35. The Hall–Kier alpha value is 0.567. The molecule has 2 heteroatoms. The molecular weight excluding hydrogens is 132 g/mol. The van der Waals surface area contributed by atoms with Crippen LogP contribution in [0.5, 0.6) is 0 Å². The molecule has 0 amide bonds. The molecular formula is C6H16SSi. The van der Waals surface area contributed by atoms with Gasteiger partial charge in [0.1, 0.15) is 0 Å². The second-order valence-electron chi connectivity index (χ2n) is 2.23. The first-order valence-electron chi connectivity index (χ1n) is 3.49. The molecule has 0 aromatic heterocycles. The molecule has 0 aromatic rings. The molecule has 0 rings (SSSR count). The zero-order valence-electron chi connectivity index (χ0n) is 5.85. The van der Waals surface area contributed by atoms with Crippen molar-refractivity contribution >= 4 is 22.9 Å². The molecule has 0 bridgehead atoms. The lowest BCUT2D eigenvalue weighted by atomic mass is 10.2. The fraction of sp³-hybridized carbons (Fsp3) is 1.00. The molecule has 0 fully saturated rings. The molecule has 0 nitrogen and oxygen atoms in total. The molecule has 50 valence electrons. The van der Waals surface area contributed by atoms with Gasteiger partial charge in [-0.25, -0.2) is 0 Å². The van der Waals surface area contributed by atoms with Crippen molar-refractivity contribution in [3.63, 3.8) is 0 Å². The van der Waals surface area contributed by atoms with E-state index in [9.17, 15) is 0 Å². The number of rotatable bonds is 4. The van der Waals surface area contributed by atoms with Crippen molar-refractivity contribution in [1.29, 1.82) is 0 Å². The second-order valence-corrected chi connectivity index (χ2v) is 3.96. The van der Waals surface area contributed by atoms with Gasteiger partial charge in [0.15, 0.2) is 0 Å². The molecule has 0 N–H and O–H groups in total. The fourth-order valence-electron chi connectivity index (χ4n) is 0.811. The van der Waals surface area contributed by atoms with Crippen molar-refractivity contribution < 1.29 is 0 Å². The van der Waals surface area contributed by atoms with E-state index in [1.165, 1.54) is 35.5 Å². The summed E-state index contributed by atoms with van der Waals surface area (Å²) in [5.41, 5.74) is 0. The molecule has 1 atom stereocenters. The van der Waals surface area contributed by atoms with Crippen molar-refractivity contribution in [3.8, 4) is 0 Å². The quantitative estimate of drug-likeness (QED) is 0.450. The van der Waals surface area contributed by atoms with E-state index in [0.717, 1.165) is 0 Å². The van der Waals surface area contributed by atoms with E-state index in [0.29, 0.717) is 5.25 Å². The van der Waals surface area contributed by atoms with Crippen LogP contribution in [0.15, 0.2) is 0 Å². The summed E-state index contributed by atoms with van der Waals surface area (Å²) >= 11 is 4.41. The van der Waals surface area contributed by atoms with Crippen LogP contribution in [0.1, 0.15) is 26.2 Å². The van der Waals surface area contributed by atoms with E-state index in [4.69, 9.17) is 0 Å². The van der Waals surface area contributed by atoms with E-state index in [1.54, 1.807) is 0 Å².